The number of hydrogen-bond donors (Lipinski definition) is 10. The molecule has 6 atom stereocenters. The number of phenols is 1. The van der Waals surface area contributed by atoms with E-state index in [-0.39, 0.29) is 56.9 Å². The van der Waals surface area contributed by atoms with Crippen molar-refractivity contribution >= 4 is 58.2 Å². The minimum atomic E-state index is -1.30. The summed E-state index contributed by atoms with van der Waals surface area (Å²) in [5.74, 6) is -4.70. The summed E-state index contributed by atoms with van der Waals surface area (Å²) in [7, 11) is 0. The molecule has 0 spiro atoms. The van der Waals surface area contributed by atoms with Gasteiger partial charge in [0.05, 0.1) is 0 Å². The third-order valence-corrected chi connectivity index (χ3v) is 10.9. The quantitative estimate of drug-likeness (QED) is 0.0301. The number of hydrogen-bond acceptors (Lipinski definition) is 9. The van der Waals surface area contributed by atoms with E-state index in [0.29, 0.717) is 24.0 Å². The Morgan fingerprint density at radius 1 is 0.734 bits per heavy atom. The first-order valence-corrected chi connectivity index (χ1v) is 21.1. The Morgan fingerprint density at radius 3 is 2.02 bits per heavy atom. The fourth-order valence-corrected chi connectivity index (χ4v) is 7.62. The molecule has 5 rings (SSSR count). The van der Waals surface area contributed by atoms with Crippen LogP contribution in [0.2, 0.25) is 0 Å². The van der Waals surface area contributed by atoms with Gasteiger partial charge in [0.1, 0.15) is 42.0 Å². The number of carbonyl (C=O) groups excluding carboxylic acids is 7. The number of para-hydroxylation sites is 1. The molecular weight excluding hydrogens is 823 g/mol. The monoisotopic (exact) mass is 879 g/mol. The summed E-state index contributed by atoms with van der Waals surface area (Å²) in [5.41, 5.74) is 19.5. The average Bonchev–Trinajstić information content (AvgIpc) is 3.93. The highest BCUT2D eigenvalue weighted by Crippen LogP contribution is 2.22. The van der Waals surface area contributed by atoms with Gasteiger partial charge in [-0.05, 0) is 67.5 Å². The van der Waals surface area contributed by atoms with Crippen molar-refractivity contribution in [3.05, 3.63) is 102 Å². The molecule has 19 nitrogen and oxygen atoms in total. The van der Waals surface area contributed by atoms with Crippen molar-refractivity contribution in [2.75, 3.05) is 13.1 Å². The number of phenolic OH excluding ortho intramolecular Hbond substituents is 1. The van der Waals surface area contributed by atoms with Gasteiger partial charge < -0.3 is 58.8 Å². The molecule has 4 aromatic rings. The van der Waals surface area contributed by atoms with Crippen molar-refractivity contribution in [2.45, 2.75) is 95.0 Å². The van der Waals surface area contributed by atoms with Crippen LogP contribution < -0.4 is 43.8 Å². The first kappa shape index (κ1) is 47.6. The lowest BCUT2D eigenvalue weighted by Crippen LogP contribution is -2.60. The van der Waals surface area contributed by atoms with Crippen LogP contribution in [-0.2, 0) is 52.8 Å². The topological polar surface area (TPSA) is 309 Å². The number of aromatic nitrogens is 1. The molecular formula is C45H57N11O8. The van der Waals surface area contributed by atoms with E-state index < -0.39 is 77.6 Å². The van der Waals surface area contributed by atoms with Gasteiger partial charge in [-0.15, -0.1) is 0 Å². The summed E-state index contributed by atoms with van der Waals surface area (Å²) in [4.78, 5) is 103. The predicted molar refractivity (Wildman–Crippen MR) is 239 cm³/mol. The number of amides is 7. The van der Waals surface area contributed by atoms with Gasteiger partial charge in [-0.3, -0.25) is 38.6 Å². The molecule has 7 amide bonds. The molecule has 1 saturated heterocycles. The Balaban J connectivity index is 1.40. The van der Waals surface area contributed by atoms with Crippen molar-refractivity contribution in [2.24, 2.45) is 22.2 Å². The number of benzene rings is 3. The van der Waals surface area contributed by atoms with Gasteiger partial charge in [-0.25, -0.2) is 0 Å². The van der Waals surface area contributed by atoms with Gasteiger partial charge in [0.15, 0.2) is 5.96 Å². The molecule has 0 bridgehead atoms. The lowest BCUT2D eigenvalue weighted by molar-refractivity contribution is -0.141. The highest BCUT2D eigenvalue weighted by molar-refractivity contribution is 5.97. The molecule has 340 valence electrons. The molecule has 1 fully saturated rings. The molecule has 0 aliphatic carbocycles. The van der Waals surface area contributed by atoms with Crippen LogP contribution in [0.5, 0.6) is 5.75 Å². The molecule has 13 N–H and O–H groups in total. The maximum Gasteiger partial charge on any atom is 0.246 e. The van der Waals surface area contributed by atoms with E-state index in [1.54, 1.807) is 42.6 Å². The van der Waals surface area contributed by atoms with Crippen molar-refractivity contribution in [1.29, 1.82) is 0 Å². The zero-order valence-electron chi connectivity index (χ0n) is 35.8. The second-order valence-electron chi connectivity index (χ2n) is 15.8. The third kappa shape index (κ3) is 13.5. The Kier molecular flexibility index (Phi) is 16.8. The van der Waals surface area contributed by atoms with Gasteiger partial charge >= 0.3 is 0 Å². The average molecular weight is 880 g/mol. The van der Waals surface area contributed by atoms with Gasteiger partial charge in [-0.1, -0.05) is 60.7 Å². The summed E-state index contributed by atoms with van der Waals surface area (Å²) in [6, 6.07) is 15.6. The summed E-state index contributed by atoms with van der Waals surface area (Å²) >= 11 is 0. The van der Waals surface area contributed by atoms with E-state index in [4.69, 9.17) is 17.2 Å². The predicted octanol–water partition coefficient (Wildman–Crippen LogP) is -0.105. The molecule has 1 aliphatic rings. The van der Waals surface area contributed by atoms with Crippen LogP contribution >= 0.6 is 0 Å². The van der Waals surface area contributed by atoms with E-state index in [1.165, 1.54) is 30.9 Å². The maximum absolute atomic E-state index is 14.5. The molecule has 0 saturated carbocycles. The highest BCUT2D eigenvalue weighted by atomic mass is 16.3. The molecule has 1 aromatic heterocycles. The lowest BCUT2D eigenvalue weighted by Gasteiger charge is -2.30. The largest absolute Gasteiger partial charge is 0.508 e. The summed E-state index contributed by atoms with van der Waals surface area (Å²) in [5, 5.41) is 24.3. The Hall–Kier alpha value is -7.44. The van der Waals surface area contributed by atoms with Gasteiger partial charge in [0.25, 0.3) is 0 Å². The number of H-pyrrole nitrogens is 1. The summed E-state index contributed by atoms with van der Waals surface area (Å²) in [6.45, 7) is 3.06. The van der Waals surface area contributed by atoms with Crippen LogP contribution in [0.3, 0.4) is 0 Å². The number of carbonyl (C=O) groups is 7. The number of aromatic amines is 1. The van der Waals surface area contributed by atoms with Crippen LogP contribution in [0, 0.1) is 0 Å². The Bertz CT molecular complexity index is 2310. The zero-order chi connectivity index (χ0) is 46.3. The number of primary amides is 1. The second-order valence-corrected chi connectivity index (χ2v) is 15.8. The molecule has 0 radical (unpaired) electrons. The highest BCUT2D eigenvalue weighted by Gasteiger charge is 2.38. The first-order valence-electron chi connectivity index (χ1n) is 21.1. The minimum absolute atomic E-state index is 0.00384. The Morgan fingerprint density at radius 2 is 1.33 bits per heavy atom. The SMILES string of the molecule is CC(=O)N[C@@H](Cc1ccccc1)C(=O)N[C@@H](C)C(=O)N[C@@H](Cc1c[nH]c2ccccc12)C(=O)N[C@@H](CCCN=C(N)N)C(=O)N[C@@H](Cc1ccc(O)cc1)C(=O)N1CCC[C@@H]1C(N)=O. The number of guanidine groups is 1. The van der Waals surface area contributed by atoms with Crippen LogP contribution in [0.15, 0.2) is 90.1 Å². The van der Waals surface area contributed by atoms with E-state index in [9.17, 15) is 38.7 Å². The van der Waals surface area contributed by atoms with E-state index in [1.807, 2.05) is 30.3 Å². The molecule has 3 aromatic carbocycles. The van der Waals surface area contributed by atoms with Crippen LogP contribution in [-0.4, -0.2) is 112 Å². The number of rotatable bonds is 21. The molecule has 2 heterocycles. The number of nitrogens with one attached hydrogen (secondary N) is 6. The molecule has 0 unspecified atom stereocenters. The Labute approximate surface area is 370 Å². The van der Waals surface area contributed by atoms with Crippen LogP contribution in [0.25, 0.3) is 10.9 Å². The van der Waals surface area contributed by atoms with E-state index in [2.05, 4.69) is 36.6 Å². The third-order valence-electron chi connectivity index (χ3n) is 10.9. The van der Waals surface area contributed by atoms with Crippen LogP contribution in [0.1, 0.15) is 56.2 Å². The van der Waals surface area contributed by atoms with Gasteiger partial charge in [0, 0.05) is 56.4 Å². The van der Waals surface area contributed by atoms with Crippen molar-refractivity contribution in [3.8, 4) is 5.75 Å². The number of aromatic hydroxyl groups is 1. The molecule has 64 heavy (non-hydrogen) atoms. The van der Waals surface area contributed by atoms with E-state index in [0.717, 1.165) is 16.5 Å². The zero-order valence-corrected chi connectivity index (χ0v) is 35.8. The first-order chi connectivity index (χ1) is 30.6. The minimum Gasteiger partial charge on any atom is -0.508 e. The van der Waals surface area contributed by atoms with Crippen molar-refractivity contribution in [1.82, 2.24) is 36.5 Å². The van der Waals surface area contributed by atoms with Gasteiger partial charge in [0.2, 0.25) is 41.4 Å². The second kappa shape index (κ2) is 22.6. The number of aliphatic imine (C=N–C) groups is 1. The fourth-order valence-electron chi connectivity index (χ4n) is 7.62. The molecule has 19 heteroatoms. The normalized spacial score (nSPS) is 15.7. The number of likely N-dealkylation sites (tertiary alicyclic amines) is 1. The number of nitrogens with two attached hydrogens (primary N) is 3. The lowest BCUT2D eigenvalue weighted by atomic mass is 10.0. The van der Waals surface area contributed by atoms with Crippen LogP contribution in [0.4, 0.5) is 0 Å². The molecule has 1 aliphatic heterocycles. The fraction of sp³-hybridized carbons (Fsp3) is 0.378. The number of fused-ring (bicyclic) bond motifs is 1. The maximum atomic E-state index is 14.5. The number of nitrogens with zero attached hydrogens (tertiary/aromatic N) is 2. The smallest absolute Gasteiger partial charge is 0.246 e. The summed E-state index contributed by atoms with van der Waals surface area (Å²) < 4.78 is 0. The van der Waals surface area contributed by atoms with Gasteiger partial charge in [-0.2, -0.15) is 0 Å². The standard InChI is InChI=1S/C45H57N11O8/c1-26(51-42(62)35(52-27(2)57)22-28-10-4-3-5-11-28)40(60)54-36(24-30-25-50-33-13-7-6-12-32(30)33)43(63)53-34(14-8-20-49-45(47)48)41(61)55-37(23-29-16-18-31(58)19-17-29)44(64)56-21-9-15-38(56)39(46)59/h3-7,10-13,16-19,25-26,34-38,50,58H,8-9,14-15,20-24H2,1-2H3,(H2,46,59)(H,51,62)(H,52,57)(H,53,63)(H,54,60)(H,55,61)(H4,47,48,49)/t26-,34-,35-,36-,37-,38+/m0/s1. The summed E-state index contributed by atoms with van der Waals surface area (Å²) in [6.07, 6.45) is 2.89. The van der Waals surface area contributed by atoms with Crippen molar-refractivity contribution in [3.63, 3.8) is 0 Å². The van der Waals surface area contributed by atoms with E-state index >= 15 is 0 Å². The van der Waals surface area contributed by atoms with Crippen molar-refractivity contribution < 1.29 is 38.7 Å².